The number of rotatable bonds is 5. The highest BCUT2D eigenvalue weighted by atomic mass is 32.1. The molecule has 0 aliphatic carbocycles. The third-order valence-corrected chi connectivity index (χ3v) is 4.91. The Morgan fingerprint density at radius 2 is 2.08 bits per heavy atom. The Labute approximate surface area is 151 Å². The first kappa shape index (κ1) is 17.6. The second kappa shape index (κ2) is 7.33. The summed E-state index contributed by atoms with van der Waals surface area (Å²) >= 11 is 1.41. The van der Waals surface area contributed by atoms with Crippen LogP contribution in [-0.2, 0) is 16.1 Å². The Morgan fingerprint density at radius 3 is 2.76 bits per heavy atom. The molecule has 1 saturated heterocycles. The summed E-state index contributed by atoms with van der Waals surface area (Å²) in [7, 11) is 3.95. The van der Waals surface area contributed by atoms with Crippen molar-refractivity contribution in [1.82, 2.24) is 9.88 Å². The summed E-state index contributed by atoms with van der Waals surface area (Å²) in [6.45, 7) is 3.14. The standard InChI is InChI=1S/C18H22N4O2S/c1-12-4-6-15(7-5-12)22-9-13(8-16(22)23)17(24)20-18-19-14(11-25-18)10-21(2)3/h4-7,11,13H,8-10H2,1-3H3,(H,19,20,24). The molecule has 1 fully saturated rings. The maximum Gasteiger partial charge on any atom is 0.231 e. The van der Waals surface area contributed by atoms with E-state index in [1.165, 1.54) is 11.3 Å². The number of aromatic nitrogens is 1. The third kappa shape index (κ3) is 4.24. The van der Waals surface area contributed by atoms with Crippen LogP contribution < -0.4 is 10.2 Å². The first-order valence-electron chi connectivity index (χ1n) is 8.19. The van der Waals surface area contributed by atoms with Crippen LogP contribution in [-0.4, -0.2) is 42.3 Å². The van der Waals surface area contributed by atoms with Crippen molar-refractivity contribution in [2.45, 2.75) is 19.9 Å². The minimum Gasteiger partial charge on any atom is -0.312 e. The summed E-state index contributed by atoms with van der Waals surface area (Å²) in [6, 6.07) is 7.78. The van der Waals surface area contributed by atoms with Crippen LogP contribution in [0.1, 0.15) is 17.7 Å². The predicted molar refractivity (Wildman–Crippen MR) is 99.8 cm³/mol. The highest BCUT2D eigenvalue weighted by molar-refractivity contribution is 7.13. The molecule has 2 aromatic rings. The van der Waals surface area contributed by atoms with E-state index in [0.717, 1.165) is 23.5 Å². The van der Waals surface area contributed by atoms with Crippen molar-refractivity contribution < 1.29 is 9.59 Å². The molecule has 132 valence electrons. The topological polar surface area (TPSA) is 65.5 Å². The van der Waals surface area contributed by atoms with Gasteiger partial charge in [0.25, 0.3) is 0 Å². The number of carbonyl (C=O) groups excluding carboxylic acids is 2. The van der Waals surface area contributed by atoms with Gasteiger partial charge in [-0.25, -0.2) is 4.98 Å². The molecule has 0 radical (unpaired) electrons. The molecule has 0 bridgehead atoms. The SMILES string of the molecule is Cc1ccc(N2CC(C(=O)Nc3nc(CN(C)C)cs3)CC2=O)cc1. The summed E-state index contributed by atoms with van der Waals surface area (Å²) in [5.41, 5.74) is 2.91. The van der Waals surface area contributed by atoms with Crippen LogP contribution in [0.15, 0.2) is 29.6 Å². The zero-order valence-electron chi connectivity index (χ0n) is 14.7. The number of hydrogen-bond donors (Lipinski definition) is 1. The molecule has 1 atom stereocenters. The van der Waals surface area contributed by atoms with E-state index in [1.54, 1.807) is 4.90 Å². The summed E-state index contributed by atoms with van der Waals surface area (Å²) in [5, 5.41) is 5.37. The Hall–Kier alpha value is -2.25. The molecule has 1 unspecified atom stereocenters. The molecule has 1 aromatic heterocycles. The largest absolute Gasteiger partial charge is 0.312 e. The van der Waals surface area contributed by atoms with E-state index in [1.807, 2.05) is 55.6 Å². The van der Waals surface area contributed by atoms with Crippen LogP contribution in [0.3, 0.4) is 0 Å². The predicted octanol–water partition coefficient (Wildman–Crippen LogP) is 2.50. The smallest absolute Gasteiger partial charge is 0.231 e. The lowest BCUT2D eigenvalue weighted by atomic mass is 10.1. The van der Waals surface area contributed by atoms with E-state index in [9.17, 15) is 9.59 Å². The zero-order chi connectivity index (χ0) is 18.0. The number of carbonyl (C=O) groups is 2. The quantitative estimate of drug-likeness (QED) is 0.892. The van der Waals surface area contributed by atoms with E-state index in [4.69, 9.17) is 0 Å². The molecular formula is C18H22N4O2S. The van der Waals surface area contributed by atoms with Crippen molar-refractivity contribution >= 4 is 34.0 Å². The number of nitrogens with one attached hydrogen (secondary N) is 1. The number of benzene rings is 1. The van der Waals surface area contributed by atoms with Crippen molar-refractivity contribution in [3.63, 3.8) is 0 Å². The lowest BCUT2D eigenvalue weighted by molar-refractivity contribution is -0.122. The van der Waals surface area contributed by atoms with Gasteiger partial charge in [0, 0.05) is 30.6 Å². The average Bonchev–Trinajstić information content (AvgIpc) is 3.14. The van der Waals surface area contributed by atoms with Gasteiger partial charge in [-0.1, -0.05) is 17.7 Å². The summed E-state index contributed by atoms with van der Waals surface area (Å²) in [5.74, 6) is -0.514. The van der Waals surface area contributed by atoms with Crippen molar-refractivity contribution in [3.05, 3.63) is 40.9 Å². The van der Waals surface area contributed by atoms with E-state index >= 15 is 0 Å². The molecule has 6 nitrogen and oxygen atoms in total. The first-order valence-corrected chi connectivity index (χ1v) is 9.07. The van der Waals surface area contributed by atoms with Gasteiger partial charge in [0.05, 0.1) is 11.6 Å². The lowest BCUT2D eigenvalue weighted by Gasteiger charge is -2.16. The third-order valence-electron chi connectivity index (χ3n) is 4.10. The van der Waals surface area contributed by atoms with Crippen molar-refractivity contribution in [1.29, 1.82) is 0 Å². The van der Waals surface area contributed by atoms with Crippen LogP contribution in [0.5, 0.6) is 0 Å². The summed E-state index contributed by atoms with van der Waals surface area (Å²) in [4.78, 5) is 32.9. The molecule has 2 heterocycles. The number of hydrogen-bond acceptors (Lipinski definition) is 5. The number of anilines is 2. The Bertz CT molecular complexity index is 770. The monoisotopic (exact) mass is 358 g/mol. The fourth-order valence-corrected chi connectivity index (χ4v) is 3.53. The summed E-state index contributed by atoms with van der Waals surface area (Å²) in [6.07, 6.45) is 0.232. The molecule has 1 N–H and O–H groups in total. The molecular weight excluding hydrogens is 336 g/mol. The fraction of sp³-hybridized carbons (Fsp3) is 0.389. The van der Waals surface area contributed by atoms with E-state index in [2.05, 4.69) is 10.3 Å². The van der Waals surface area contributed by atoms with Crippen molar-refractivity contribution in [2.24, 2.45) is 5.92 Å². The van der Waals surface area contributed by atoms with Gasteiger partial charge < -0.3 is 15.1 Å². The van der Waals surface area contributed by atoms with Gasteiger partial charge in [-0.2, -0.15) is 0 Å². The Kier molecular flexibility index (Phi) is 5.15. The Morgan fingerprint density at radius 1 is 1.36 bits per heavy atom. The van der Waals surface area contributed by atoms with Gasteiger partial charge in [0.1, 0.15) is 0 Å². The molecule has 2 amide bonds. The highest BCUT2D eigenvalue weighted by Gasteiger charge is 2.35. The van der Waals surface area contributed by atoms with E-state index in [-0.39, 0.29) is 24.2 Å². The van der Waals surface area contributed by atoms with E-state index in [0.29, 0.717) is 11.7 Å². The van der Waals surface area contributed by atoms with Crippen molar-refractivity contribution in [2.75, 3.05) is 30.9 Å². The molecule has 7 heteroatoms. The van der Waals surface area contributed by atoms with Gasteiger partial charge in [0.15, 0.2) is 5.13 Å². The number of amides is 2. The maximum absolute atomic E-state index is 12.5. The molecule has 0 saturated carbocycles. The average molecular weight is 358 g/mol. The molecule has 1 aliphatic rings. The normalized spacial score (nSPS) is 17.4. The van der Waals surface area contributed by atoms with Crippen LogP contribution in [0, 0.1) is 12.8 Å². The highest BCUT2D eigenvalue weighted by Crippen LogP contribution is 2.27. The van der Waals surface area contributed by atoms with Gasteiger partial charge >= 0.3 is 0 Å². The molecule has 0 spiro atoms. The minimum absolute atomic E-state index is 0.0172. The van der Waals surface area contributed by atoms with Gasteiger partial charge in [0.2, 0.25) is 11.8 Å². The van der Waals surface area contributed by atoms with Gasteiger partial charge in [-0.15, -0.1) is 11.3 Å². The van der Waals surface area contributed by atoms with Crippen LogP contribution in [0.25, 0.3) is 0 Å². The van der Waals surface area contributed by atoms with Crippen LogP contribution >= 0.6 is 11.3 Å². The van der Waals surface area contributed by atoms with Gasteiger partial charge in [-0.05, 0) is 33.2 Å². The second-order valence-electron chi connectivity index (χ2n) is 6.61. The Balaban J connectivity index is 1.62. The number of thiazole rings is 1. The minimum atomic E-state index is -0.352. The molecule has 1 aliphatic heterocycles. The number of aryl methyl sites for hydroxylation is 1. The first-order chi connectivity index (χ1) is 11.9. The number of nitrogens with zero attached hydrogens (tertiary/aromatic N) is 3. The van der Waals surface area contributed by atoms with Crippen molar-refractivity contribution in [3.8, 4) is 0 Å². The second-order valence-corrected chi connectivity index (χ2v) is 7.47. The van der Waals surface area contributed by atoms with E-state index < -0.39 is 0 Å². The molecule has 1 aromatic carbocycles. The van der Waals surface area contributed by atoms with Crippen LogP contribution in [0.2, 0.25) is 0 Å². The lowest BCUT2D eigenvalue weighted by Crippen LogP contribution is -2.28. The summed E-state index contributed by atoms with van der Waals surface area (Å²) < 4.78 is 0. The maximum atomic E-state index is 12.5. The molecule has 25 heavy (non-hydrogen) atoms. The zero-order valence-corrected chi connectivity index (χ0v) is 15.5. The fourth-order valence-electron chi connectivity index (χ4n) is 2.83. The van der Waals surface area contributed by atoms with Crippen LogP contribution in [0.4, 0.5) is 10.8 Å². The molecule has 3 rings (SSSR count). The van der Waals surface area contributed by atoms with Gasteiger partial charge in [-0.3, -0.25) is 9.59 Å².